The molecule has 0 N–H and O–H groups in total. The van der Waals surface area contributed by atoms with Gasteiger partial charge < -0.3 is 9.47 Å². The highest BCUT2D eigenvalue weighted by Gasteiger charge is 2.32. The van der Waals surface area contributed by atoms with Gasteiger partial charge in [-0.2, -0.15) is 0 Å². The maximum atomic E-state index is 11.6. The second kappa shape index (κ2) is 6.53. The molecule has 0 radical (unpaired) electrons. The normalized spacial score (nSPS) is 12.8. The van der Waals surface area contributed by atoms with E-state index in [1.165, 1.54) is 0 Å². The van der Waals surface area contributed by atoms with Crippen LogP contribution in [0.2, 0.25) is 0 Å². The lowest BCUT2D eigenvalue weighted by Gasteiger charge is -2.29. The highest BCUT2D eigenvalue weighted by atomic mass is 16.5. The average molecular weight is 262 g/mol. The van der Waals surface area contributed by atoms with Crippen LogP contribution in [0.4, 0.5) is 0 Å². The van der Waals surface area contributed by atoms with Crippen molar-refractivity contribution in [3.63, 3.8) is 0 Å². The summed E-state index contributed by atoms with van der Waals surface area (Å²) in [4.78, 5) is 11.6. The number of methoxy groups -OCH3 is 1. The third-order valence-electron chi connectivity index (χ3n) is 3.42. The first kappa shape index (κ1) is 15.4. The first-order chi connectivity index (χ1) is 8.91. The zero-order valence-electron chi connectivity index (χ0n) is 12.1. The van der Waals surface area contributed by atoms with Crippen LogP contribution < -0.4 is 4.74 Å². The molecule has 1 aromatic rings. The molecule has 3 heteroatoms. The smallest absolute Gasteiger partial charge is 0.138 e. The van der Waals surface area contributed by atoms with Crippen LogP contribution in [0.25, 0.3) is 0 Å². The monoisotopic (exact) mass is 262 g/mol. The van der Waals surface area contributed by atoms with Crippen molar-refractivity contribution in [3.05, 3.63) is 42.5 Å². The van der Waals surface area contributed by atoms with Crippen molar-refractivity contribution in [3.8, 4) is 5.75 Å². The van der Waals surface area contributed by atoms with E-state index >= 15 is 0 Å². The van der Waals surface area contributed by atoms with E-state index in [0.717, 1.165) is 11.3 Å². The molecule has 0 amide bonds. The molecule has 0 aliphatic carbocycles. The largest absolute Gasteiger partial charge is 0.497 e. The van der Waals surface area contributed by atoms with E-state index in [-0.39, 0.29) is 11.9 Å². The van der Waals surface area contributed by atoms with E-state index in [2.05, 4.69) is 6.58 Å². The Balaban J connectivity index is 2.67. The molecule has 0 spiro atoms. The first-order valence-corrected chi connectivity index (χ1v) is 6.30. The molecule has 0 bridgehead atoms. The van der Waals surface area contributed by atoms with Gasteiger partial charge in [-0.05, 0) is 24.6 Å². The van der Waals surface area contributed by atoms with Gasteiger partial charge in [0.15, 0.2) is 0 Å². The number of carbonyl (C=O) groups excluding carboxylic acids is 1. The van der Waals surface area contributed by atoms with E-state index in [1.54, 1.807) is 20.1 Å². The maximum absolute atomic E-state index is 11.6. The van der Waals surface area contributed by atoms with Crippen LogP contribution in [-0.4, -0.2) is 19.0 Å². The van der Waals surface area contributed by atoms with Crippen LogP contribution in [-0.2, 0) is 16.1 Å². The van der Waals surface area contributed by atoms with Crippen LogP contribution in [0.3, 0.4) is 0 Å². The number of ketones is 1. The highest BCUT2D eigenvalue weighted by molar-refractivity contribution is 5.82. The number of hydrogen-bond acceptors (Lipinski definition) is 3. The zero-order chi connectivity index (χ0) is 14.5. The van der Waals surface area contributed by atoms with Gasteiger partial charge in [0, 0.05) is 0 Å². The molecule has 0 saturated carbocycles. The Hall–Kier alpha value is -1.61. The van der Waals surface area contributed by atoms with Gasteiger partial charge in [0.2, 0.25) is 0 Å². The molecule has 0 saturated heterocycles. The van der Waals surface area contributed by atoms with Gasteiger partial charge >= 0.3 is 0 Å². The summed E-state index contributed by atoms with van der Waals surface area (Å²) >= 11 is 0. The fourth-order valence-corrected chi connectivity index (χ4v) is 1.68. The summed E-state index contributed by atoms with van der Waals surface area (Å²) in [7, 11) is 1.63. The number of ether oxygens (including phenoxy) is 2. The zero-order valence-corrected chi connectivity index (χ0v) is 12.1. The molecule has 1 atom stereocenters. The van der Waals surface area contributed by atoms with Gasteiger partial charge in [0.1, 0.15) is 11.5 Å². The molecular weight excluding hydrogens is 240 g/mol. The first-order valence-electron chi connectivity index (χ1n) is 6.30. The van der Waals surface area contributed by atoms with Crippen molar-refractivity contribution < 1.29 is 14.3 Å². The highest BCUT2D eigenvalue weighted by Crippen LogP contribution is 2.26. The van der Waals surface area contributed by atoms with Gasteiger partial charge in [0.25, 0.3) is 0 Å². The lowest BCUT2D eigenvalue weighted by molar-refractivity contribution is -0.131. The SMILES string of the molecule is C=C[C@H](OCc1ccc(OC)cc1)C(C)(C)C(C)=O. The Morgan fingerprint density at radius 2 is 1.95 bits per heavy atom. The lowest BCUT2D eigenvalue weighted by atomic mass is 9.82. The Morgan fingerprint density at radius 1 is 1.37 bits per heavy atom. The van der Waals surface area contributed by atoms with Crippen molar-refractivity contribution >= 4 is 5.78 Å². The molecule has 1 rings (SSSR count). The average Bonchev–Trinajstić information content (AvgIpc) is 2.39. The van der Waals surface area contributed by atoms with Gasteiger partial charge in [-0.3, -0.25) is 4.79 Å². The van der Waals surface area contributed by atoms with Crippen molar-refractivity contribution in [2.24, 2.45) is 5.41 Å². The van der Waals surface area contributed by atoms with Crippen molar-refractivity contribution in [1.29, 1.82) is 0 Å². The van der Waals surface area contributed by atoms with Crippen molar-refractivity contribution in [1.82, 2.24) is 0 Å². The summed E-state index contributed by atoms with van der Waals surface area (Å²) < 4.78 is 10.9. The molecule has 0 aliphatic heterocycles. The third-order valence-corrected chi connectivity index (χ3v) is 3.42. The molecule has 0 aromatic heterocycles. The fraction of sp³-hybridized carbons (Fsp3) is 0.438. The van der Waals surface area contributed by atoms with E-state index in [0.29, 0.717) is 6.61 Å². The predicted molar refractivity (Wildman–Crippen MR) is 76.2 cm³/mol. The van der Waals surface area contributed by atoms with Crippen molar-refractivity contribution in [2.45, 2.75) is 33.5 Å². The van der Waals surface area contributed by atoms with Crippen LogP contribution in [0.15, 0.2) is 36.9 Å². The molecule has 0 aliphatic rings. The van der Waals surface area contributed by atoms with Crippen molar-refractivity contribution in [2.75, 3.05) is 7.11 Å². The maximum Gasteiger partial charge on any atom is 0.138 e. The second-order valence-corrected chi connectivity index (χ2v) is 5.09. The summed E-state index contributed by atoms with van der Waals surface area (Å²) in [5, 5.41) is 0. The minimum atomic E-state index is -0.561. The number of hydrogen-bond donors (Lipinski definition) is 0. The van der Waals surface area contributed by atoms with E-state index < -0.39 is 5.41 Å². The number of rotatable bonds is 7. The molecule has 0 unspecified atom stereocenters. The van der Waals surface area contributed by atoms with Crippen LogP contribution in [0.1, 0.15) is 26.3 Å². The molecule has 1 aromatic carbocycles. The summed E-state index contributed by atoms with van der Waals surface area (Å²) in [6.45, 7) is 9.51. The topological polar surface area (TPSA) is 35.5 Å². The van der Waals surface area contributed by atoms with Crippen LogP contribution in [0.5, 0.6) is 5.75 Å². The van der Waals surface area contributed by atoms with E-state index in [4.69, 9.17) is 9.47 Å². The third kappa shape index (κ3) is 3.93. The van der Waals surface area contributed by atoms with Gasteiger partial charge in [0.05, 0.1) is 25.2 Å². The van der Waals surface area contributed by atoms with Crippen LogP contribution in [0, 0.1) is 5.41 Å². The number of Topliss-reactive ketones (excluding diaryl/α,β-unsaturated/α-hetero) is 1. The summed E-state index contributed by atoms with van der Waals surface area (Å²) in [5.74, 6) is 0.903. The summed E-state index contributed by atoms with van der Waals surface area (Å²) in [6.07, 6.45) is 1.39. The quantitative estimate of drug-likeness (QED) is 0.707. The summed E-state index contributed by atoms with van der Waals surface area (Å²) in [6, 6.07) is 7.66. The van der Waals surface area contributed by atoms with Gasteiger partial charge in [-0.1, -0.05) is 32.1 Å². The lowest BCUT2D eigenvalue weighted by Crippen LogP contribution is -2.36. The van der Waals surface area contributed by atoms with Gasteiger partial charge in [-0.25, -0.2) is 0 Å². The molecular formula is C16H22O3. The molecule has 0 heterocycles. The van der Waals surface area contributed by atoms with E-state index in [9.17, 15) is 4.79 Å². The Labute approximate surface area is 115 Å². The molecule has 0 fully saturated rings. The number of benzene rings is 1. The van der Waals surface area contributed by atoms with Crippen LogP contribution >= 0.6 is 0 Å². The fourth-order valence-electron chi connectivity index (χ4n) is 1.68. The Bertz CT molecular complexity index is 432. The summed E-state index contributed by atoms with van der Waals surface area (Å²) in [5.41, 5.74) is 0.473. The van der Waals surface area contributed by atoms with E-state index in [1.807, 2.05) is 38.1 Å². The number of carbonyl (C=O) groups is 1. The molecule has 3 nitrogen and oxygen atoms in total. The molecule has 19 heavy (non-hydrogen) atoms. The Morgan fingerprint density at radius 3 is 2.37 bits per heavy atom. The minimum absolute atomic E-state index is 0.0899. The minimum Gasteiger partial charge on any atom is -0.497 e. The second-order valence-electron chi connectivity index (χ2n) is 5.09. The van der Waals surface area contributed by atoms with Gasteiger partial charge in [-0.15, -0.1) is 6.58 Å². The standard InChI is InChI=1S/C16H22O3/c1-6-15(16(3,4)12(2)17)19-11-13-7-9-14(18-5)10-8-13/h6-10,15H,1,11H2,2-5H3/t15-/m0/s1. The molecule has 104 valence electrons. The Kier molecular flexibility index (Phi) is 5.31. The predicted octanol–water partition coefficient (Wildman–Crippen LogP) is 3.38.